The average molecular weight is 550 g/mol. The molecule has 0 aromatic heterocycles. The lowest BCUT2D eigenvalue weighted by molar-refractivity contribution is -0.140. The van der Waals surface area contributed by atoms with Gasteiger partial charge in [0.15, 0.2) is 0 Å². The summed E-state index contributed by atoms with van der Waals surface area (Å²) in [5, 5.41) is 2.95. The Balaban J connectivity index is 2.03. The van der Waals surface area contributed by atoms with Crippen LogP contribution in [0.4, 0.5) is 5.69 Å². The predicted octanol–water partition coefficient (Wildman–Crippen LogP) is 5.08. The van der Waals surface area contributed by atoms with E-state index < -0.39 is 28.5 Å². The molecule has 1 N–H and O–H groups in total. The molecule has 208 valence electrons. The Bertz CT molecular complexity index is 1360. The Hall–Kier alpha value is -3.65. The van der Waals surface area contributed by atoms with Gasteiger partial charge in [0.1, 0.15) is 12.6 Å². The van der Waals surface area contributed by atoms with Gasteiger partial charge < -0.3 is 10.2 Å². The van der Waals surface area contributed by atoms with Crippen molar-refractivity contribution in [2.75, 3.05) is 17.4 Å². The van der Waals surface area contributed by atoms with E-state index in [9.17, 15) is 18.0 Å². The first kappa shape index (κ1) is 29.9. The number of hydrogen-bond donors (Lipinski definition) is 1. The minimum atomic E-state index is -4.07. The van der Waals surface area contributed by atoms with E-state index in [1.165, 1.54) is 17.0 Å². The van der Waals surface area contributed by atoms with Crippen LogP contribution in [0.1, 0.15) is 43.9 Å². The summed E-state index contributed by atoms with van der Waals surface area (Å²) in [6.45, 7) is 9.94. The second-order valence-corrected chi connectivity index (χ2v) is 12.1. The van der Waals surface area contributed by atoms with E-state index in [1.54, 1.807) is 36.4 Å². The van der Waals surface area contributed by atoms with Crippen molar-refractivity contribution in [1.29, 1.82) is 0 Å². The fraction of sp³-hybridized carbons (Fsp3) is 0.355. The molecule has 0 aliphatic heterocycles. The van der Waals surface area contributed by atoms with Gasteiger partial charge in [0.2, 0.25) is 11.8 Å². The summed E-state index contributed by atoms with van der Waals surface area (Å²) in [7, 11) is -4.07. The van der Waals surface area contributed by atoms with Crippen LogP contribution in [0.3, 0.4) is 0 Å². The number of carbonyl (C=O) groups excluding carboxylic acids is 2. The van der Waals surface area contributed by atoms with Crippen LogP contribution in [0.5, 0.6) is 0 Å². The van der Waals surface area contributed by atoms with E-state index in [0.717, 1.165) is 21.0 Å². The van der Waals surface area contributed by atoms with Crippen molar-refractivity contribution in [1.82, 2.24) is 10.2 Å². The molecule has 3 rings (SSSR count). The topological polar surface area (TPSA) is 86.8 Å². The van der Waals surface area contributed by atoms with Crippen LogP contribution in [-0.2, 0) is 26.2 Å². The minimum absolute atomic E-state index is 0.0890. The van der Waals surface area contributed by atoms with Crippen molar-refractivity contribution in [2.45, 2.75) is 58.5 Å². The third kappa shape index (κ3) is 7.93. The molecule has 3 aromatic rings. The standard InChI is InChI=1S/C31H39N3O4S/c1-6-29(31(36)32-20-23(2)3)33(21-26-17-15-24(4)16-18-26)30(35)22-34(27-12-10-11-25(5)19-27)39(37,38)28-13-8-7-9-14-28/h7-19,23,29H,6,20-22H2,1-5H3,(H,32,36)/t29-/m1/s1. The summed E-state index contributed by atoms with van der Waals surface area (Å²) in [5.74, 6) is -0.455. The number of aryl methyl sites for hydroxylation is 2. The third-order valence-corrected chi connectivity index (χ3v) is 8.23. The van der Waals surface area contributed by atoms with Crippen molar-refractivity contribution >= 4 is 27.5 Å². The molecule has 8 heteroatoms. The first-order valence-electron chi connectivity index (χ1n) is 13.3. The molecule has 7 nitrogen and oxygen atoms in total. The Morgan fingerprint density at radius 2 is 1.54 bits per heavy atom. The maximum absolute atomic E-state index is 14.0. The maximum atomic E-state index is 14.0. The Morgan fingerprint density at radius 3 is 2.13 bits per heavy atom. The number of carbonyl (C=O) groups is 2. The van der Waals surface area contributed by atoms with Crippen LogP contribution in [0.15, 0.2) is 83.8 Å². The van der Waals surface area contributed by atoms with Crippen LogP contribution < -0.4 is 9.62 Å². The highest BCUT2D eigenvalue weighted by molar-refractivity contribution is 7.92. The first-order chi connectivity index (χ1) is 18.5. The van der Waals surface area contributed by atoms with E-state index in [1.807, 2.05) is 65.0 Å². The van der Waals surface area contributed by atoms with Gasteiger partial charge in [-0.1, -0.05) is 80.9 Å². The molecular formula is C31H39N3O4S. The van der Waals surface area contributed by atoms with Crippen molar-refractivity contribution in [3.8, 4) is 0 Å². The average Bonchev–Trinajstić information content (AvgIpc) is 2.91. The lowest BCUT2D eigenvalue weighted by Crippen LogP contribution is -2.52. The number of amides is 2. The largest absolute Gasteiger partial charge is 0.354 e. The number of hydrogen-bond acceptors (Lipinski definition) is 4. The summed E-state index contributed by atoms with van der Waals surface area (Å²) in [6, 6.07) is 22.1. The molecule has 0 bridgehead atoms. The van der Waals surface area contributed by atoms with Crippen LogP contribution in [0.2, 0.25) is 0 Å². The Morgan fingerprint density at radius 1 is 0.872 bits per heavy atom. The van der Waals surface area contributed by atoms with Crippen LogP contribution in [0, 0.1) is 19.8 Å². The summed E-state index contributed by atoms with van der Waals surface area (Å²) in [5.41, 5.74) is 3.19. The van der Waals surface area contributed by atoms with Gasteiger partial charge in [0.25, 0.3) is 10.0 Å². The van der Waals surface area contributed by atoms with Crippen LogP contribution in [0.25, 0.3) is 0 Å². The van der Waals surface area contributed by atoms with Gasteiger partial charge in [0, 0.05) is 13.1 Å². The SMILES string of the molecule is CC[C@H](C(=O)NCC(C)C)N(Cc1ccc(C)cc1)C(=O)CN(c1cccc(C)c1)S(=O)(=O)c1ccccc1. The molecule has 0 saturated heterocycles. The minimum Gasteiger partial charge on any atom is -0.354 e. The molecule has 39 heavy (non-hydrogen) atoms. The molecule has 0 aliphatic rings. The van der Waals surface area contributed by atoms with E-state index in [4.69, 9.17) is 0 Å². The first-order valence-corrected chi connectivity index (χ1v) is 14.7. The lowest BCUT2D eigenvalue weighted by Gasteiger charge is -2.33. The van der Waals surface area contributed by atoms with Gasteiger partial charge in [0.05, 0.1) is 10.6 Å². The van der Waals surface area contributed by atoms with E-state index >= 15 is 0 Å². The van der Waals surface area contributed by atoms with Crippen LogP contribution in [-0.4, -0.2) is 44.3 Å². The molecular weight excluding hydrogens is 510 g/mol. The molecule has 1 atom stereocenters. The number of anilines is 1. The molecule has 0 spiro atoms. The Kier molecular flexibility index (Phi) is 10.3. The molecule has 3 aromatic carbocycles. The molecule has 0 unspecified atom stereocenters. The zero-order chi connectivity index (χ0) is 28.6. The number of sulfonamides is 1. The normalized spacial score (nSPS) is 12.2. The van der Waals surface area contributed by atoms with Crippen molar-refractivity contribution < 1.29 is 18.0 Å². The summed E-state index contributed by atoms with van der Waals surface area (Å²) in [6.07, 6.45) is 0.386. The zero-order valence-electron chi connectivity index (χ0n) is 23.4. The van der Waals surface area contributed by atoms with Crippen LogP contribution >= 0.6 is 0 Å². The third-order valence-electron chi connectivity index (χ3n) is 6.44. The number of nitrogens with zero attached hydrogens (tertiary/aromatic N) is 2. The van der Waals surface area contributed by atoms with Gasteiger partial charge in [-0.25, -0.2) is 8.42 Å². The zero-order valence-corrected chi connectivity index (χ0v) is 24.2. The van der Waals surface area contributed by atoms with Gasteiger partial charge in [-0.3, -0.25) is 13.9 Å². The highest BCUT2D eigenvalue weighted by Gasteiger charge is 2.33. The number of nitrogens with one attached hydrogen (secondary N) is 1. The molecule has 2 amide bonds. The second-order valence-electron chi connectivity index (χ2n) is 10.2. The van der Waals surface area contributed by atoms with Crippen molar-refractivity contribution in [3.05, 3.63) is 95.6 Å². The molecule has 0 heterocycles. The van der Waals surface area contributed by atoms with E-state index in [0.29, 0.717) is 18.7 Å². The van der Waals surface area contributed by atoms with Crippen molar-refractivity contribution in [2.24, 2.45) is 5.92 Å². The Labute approximate surface area is 232 Å². The molecule has 0 fully saturated rings. The van der Waals surface area contributed by atoms with Crippen molar-refractivity contribution in [3.63, 3.8) is 0 Å². The smallest absolute Gasteiger partial charge is 0.264 e. The van der Waals surface area contributed by atoms with E-state index in [-0.39, 0.29) is 23.3 Å². The summed E-state index contributed by atoms with van der Waals surface area (Å²) in [4.78, 5) is 28.9. The molecule has 0 saturated carbocycles. The lowest BCUT2D eigenvalue weighted by atomic mass is 10.1. The predicted molar refractivity (Wildman–Crippen MR) is 156 cm³/mol. The quantitative estimate of drug-likeness (QED) is 0.341. The second kappa shape index (κ2) is 13.4. The maximum Gasteiger partial charge on any atom is 0.264 e. The number of rotatable bonds is 12. The van der Waals surface area contributed by atoms with Gasteiger partial charge in [-0.15, -0.1) is 0 Å². The van der Waals surface area contributed by atoms with Gasteiger partial charge in [-0.2, -0.15) is 0 Å². The fourth-order valence-corrected chi connectivity index (χ4v) is 5.69. The van der Waals surface area contributed by atoms with Gasteiger partial charge in [-0.05, 0) is 61.6 Å². The monoisotopic (exact) mass is 549 g/mol. The fourth-order valence-electron chi connectivity index (χ4n) is 4.26. The molecule has 0 aliphatic carbocycles. The highest BCUT2D eigenvalue weighted by Crippen LogP contribution is 2.25. The number of benzene rings is 3. The highest BCUT2D eigenvalue weighted by atomic mass is 32.2. The van der Waals surface area contributed by atoms with E-state index in [2.05, 4.69) is 5.32 Å². The summed E-state index contributed by atoms with van der Waals surface area (Å²) >= 11 is 0. The summed E-state index contributed by atoms with van der Waals surface area (Å²) < 4.78 is 28.8. The van der Waals surface area contributed by atoms with Gasteiger partial charge >= 0.3 is 0 Å². The molecule has 0 radical (unpaired) electrons.